The third-order valence-corrected chi connectivity index (χ3v) is 3.38. The molecule has 0 radical (unpaired) electrons. The Bertz CT molecular complexity index is 398. The zero-order valence-corrected chi connectivity index (χ0v) is 16.0. The van der Waals surface area contributed by atoms with Crippen molar-refractivity contribution in [2.24, 2.45) is 4.99 Å². The van der Waals surface area contributed by atoms with Crippen LogP contribution in [-0.2, 0) is 0 Å². The minimum atomic E-state index is 0. The Morgan fingerprint density at radius 3 is 2.45 bits per heavy atom. The van der Waals surface area contributed by atoms with Crippen molar-refractivity contribution in [2.75, 3.05) is 26.2 Å². The van der Waals surface area contributed by atoms with Crippen molar-refractivity contribution >= 4 is 29.9 Å². The normalized spacial score (nSPS) is 12.4. The van der Waals surface area contributed by atoms with Gasteiger partial charge in [0.1, 0.15) is 0 Å². The van der Waals surface area contributed by atoms with Gasteiger partial charge in [-0.15, -0.1) is 24.0 Å². The van der Waals surface area contributed by atoms with E-state index in [2.05, 4.69) is 29.5 Å². The molecule has 1 aromatic carbocycles. The van der Waals surface area contributed by atoms with E-state index in [-0.39, 0.29) is 36.5 Å². The monoisotopic (exact) mass is 419 g/mol. The van der Waals surface area contributed by atoms with E-state index in [1.165, 1.54) is 12.8 Å². The molecular weight excluding hydrogens is 389 g/mol. The van der Waals surface area contributed by atoms with Crippen LogP contribution in [0.1, 0.15) is 44.6 Å². The van der Waals surface area contributed by atoms with Crippen molar-refractivity contribution in [2.45, 2.75) is 39.0 Å². The molecule has 1 atom stereocenters. The Morgan fingerprint density at radius 2 is 1.86 bits per heavy atom. The van der Waals surface area contributed by atoms with Crippen LogP contribution < -0.4 is 10.6 Å². The molecule has 0 aliphatic rings. The third kappa shape index (κ3) is 8.58. The lowest BCUT2D eigenvalue weighted by molar-refractivity contribution is 0.268. The number of rotatable bonds is 9. The van der Waals surface area contributed by atoms with E-state index in [0.717, 1.165) is 31.0 Å². The summed E-state index contributed by atoms with van der Waals surface area (Å²) < 4.78 is 0. The number of guanidine groups is 1. The summed E-state index contributed by atoms with van der Waals surface area (Å²) in [6, 6.07) is 10.1. The molecule has 4 nitrogen and oxygen atoms in total. The predicted molar refractivity (Wildman–Crippen MR) is 105 cm³/mol. The molecule has 0 aromatic heterocycles. The topological polar surface area (TPSA) is 56.7 Å². The maximum Gasteiger partial charge on any atom is 0.191 e. The summed E-state index contributed by atoms with van der Waals surface area (Å²) in [5.41, 5.74) is 1.13. The zero-order valence-electron chi connectivity index (χ0n) is 13.7. The van der Waals surface area contributed by atoms with Crippen LogP contribution in [0.4, 0.5) is 0 Å². The fraction of sp³-hybridized carbons (Fsp3) is 0.588. The maximum atomic E-state index is 9.56. The second-order valence-electron chi connectivity index (χ2n) is 5.14. The molecule has 0 spiro atoms. The van der Waals surface area contributed by atoms with E-state index in [1.54, 1.807) is 0 Å². The lowest BCUT2D eigenvalue weighted by atomic mass is 10.0. The van der Waals surface area contributed by atoms with Crippen molar-refractivity contribution in [1.29, 1.82) is 0 Å². The number of unbranched alkanes of at least 4 members (excludes halogenated alkanes) is 2. The molecule has 0 aliphatic heterocycles. The van der Waals surface area contributed by atoms with Gasteiger partial charge in [0.05, 0.1) is 13.2 Å². The van der Waals surface area contributed by atoms with Gasteiger partial charge in [-0.3, -0.25) is 4.99 Å². The minimum Gasteiger partial charge on any atom is -0.396 e. The van der Waals surface area contributed by atoms with Gasteiger partial charge in [0.15, 0.2) is 5.96 Å². The average molecular weight is 419 g/mol. The van der Waals surface area contributed by atoms with Gasteiger partial charge < -0.3 is 15.7 Å². The van der Waals surface area contributed by atoms with Crippen LogP contribution in [0.15, 0.2) is 35.3 Å². The minimum absolute atomic E-state index is 0. The van der Waals surface area contributed by atoms with Crippen LogP contribution in [-0.4, -0.2) is 37.3 Å². The highest BCUT2D eigenvalue weighted by Crippen LogP contribution is 2.14. The van der Waals surface area contributed by atoms with Crippen LogP contribution in [0, 0.1) is 0 Å². The standard InChI is InChI=1S/C17H29N3O.HI/c1-3-5-9-12-19-17(18-4-2)20-13-16(14-21)15-10-7-6-8-11-15;/h6-8,10-11,16,21H,3-5,9,12-14H2,1-2H3,(H2,18,19,20);1H. The van der Waals surface area contributed by atoms with Gasteiger partial charge in [-0.25, -0.2) is 0 Å². The molecule has 0 saturated carbocycles. The fourth-order valence-corrected chi connectivity index (χ4v) is 2.12. The molecule has 1 rings (SSSR count). The summed E-state index contributed by atoms with van der Waals surface area (Å²) in [6.45, 7) is 6.74. The first-order valence-electron chi connectivity index (χ1n) is 7.99. The Morgan fingerprint density at radius 1 is 1.14 bits per heavy atom. The van der Waals surface area contributed by atoms with E-state index >= 15 is 0 Å². The van der Waals surface area contributed by atoms with Crippen LogP contribution >= 0.6 is 24.0 Å². The van der Waals surface area contributed by atoms with E-state index in [0.29, 0.717) is 6.54 Å². The van der Waals surface area contributed by atoms with Crippen LogP contribution in [0.5, 0.6) is 0 Å². The SMILES string of the molecule is CCCCCNC(=NCC(CO)c1ccccc1)NCC.I. The Hall–Kier alpha value is -0.820. The van der Waals surface area contributed by atoms with Gasteiger partial charge in [0.2, 0.25) is 0 Å². The van der Waals surface area contributed by atoms with Gasteiger partial charge >= 0.3 is 0 Å². The smallest absolute Gasteiger partial charge is 0.191 e. The highest BCUT2D eigenvalue weighted by atomic mass is 127. The van der Waals surface area contributed by atoms with Crippen molar-refractivity contribution in [3.8, 4) is 0 Å². The van der Waals surface area contributed by atoms with Gasteiger partial charge in [0, 0.05) is 19.0 Å². The summed E-state index contributed by atoms with van der Waals surface area (Å²) in [6.07, 6.45) is 3.61. The molecule has 0 heterocycles. The van der Waals surface area contributed by atoms with Crippen molar-refractivity contribution in [3.05, 3.63) is 35.9 Å². The first-order chi connectivity index (χ1) is 10.3. The Kier molecular flexibility index (Phi) is 13.3. The predicted octanol–water partition coefficient (Wildman–Crippen LogP) is 3.13. The molecule has 0 fully saturated rings. The lowest BCUT2D eigenvalue weighted by Gasteiger charge is -2.15. The summed E-state index contributed by atoms with van der Waals surface area (Å²) in [7, 11) is 0. The zero-order chi connectivity index (χ0) is 15.3. The largest absolute Gasteiger partial charge is 0.396 e. The molecule has 3 N–H and O–H groups in total. The Balaban J connectivity index is 0.00000441. The molecule has 0 bridgehead atoms. The van der Waals surface area contributed by atoms with Crippen molar-refractivity contribution in [1.82, 2.24) is 10.6 Å². The number of aliphatic hydroxyl groups is 1. The molecule has 1 unspecified atom stereocenters. The first kappa shape index (κ1) is 21.2. The van der Waals surface area contributed by atoms with Crippen LogP contribution in [0.3, 0.4) is 0 Å². The molecule has 5 heteroatoms. The third-order valence-electron chi connectivity index (χ3n) is 3.38. The van der Waals surface area contributed by atoms with E-state index in [4.69, 9.17) is 0 Å². The molecular formula is C17H30IN3O. The number of nitrogens with zero attached hydrogens (tertiary/aromatic N) is 1. The summed E-state index contributed by atoms with van der Waals surface area (Å²) in [5, 5.41) is 16.1. The fourth-order valence-electron chi connectivity index (χ4n) is 2.12. The van der Waals surface area contributed by atoms with Crippen molar-refractivity contribution in [3.63, 3.8) is 0 Å². The number of aliphatic imine (C=N–C) groups is 1. The quantitative estimate of drug-likeness (QED) is 0.250. The number of halogens is 1. The molecule has 0 aliphatic carbocycles. The first-order valence-corrected chi connectivity index (χ1v) is 7.99. The van der Waals surface area contributed by atoms with E-state index < -0.39 is 0 Å². The number of hydrogen-bond acceptors (Lipinski definition) is 2. The summed E-state index contributed by atoms with van der Waals surface area (Å²) in [5.74, 6) is 0.889. The number of aliphatic hydroxyl groups excluding tert-OH is 1. The van der Waals surface area contributed by atoms with E-state index in [1.807, 2.05) is 30.3 Å². The maximum absolute atomic E-state index is 9.56. The molecule has 1 aromatic rings. The molecule has 126 valence electrons. The second kappa shape index (κ2) is 13.8. The molecule has 0 amide bonds. The number of nitrogens with one attached hydrogen (secondary N) is 2. The number of hydrogen-bond donors (Lipinski definition) is 3. The van der Waals surface area contributed by atoms with Gasteiger partial charge in [-0.1, -0.05) is 50.1 Å². The summed E-state index contributed by atoms with van der Waals surface area (Å²) >= 11 is 0. The van der Waals surface area contributed by atoms with Crippen LogP contribution in [0.25, 0.3) is 0 Å². The second-order valence-corrected chi connectivity index (χ2v) is 5.14. The van der Waals surface area contributed by atoms with Gasteiger partial charge in [-0.2, -0.15) is 0 Å². The van der Waals surface area contributed by atoms with Crippen LogP contribution in [0.2, 0.25) is 0 Å². The highest BCUT2D eigenvalue weighted by Gasteiger charge is 2.09. The highest BCUT2D eigenvalue weighted by molar-refractivity contribution is 14.0. The van der Waals surface area contributed by atoms with Crippen molar-refractivity contribution < 1.29 is 5.11 Å². The number of benzene rings is 1. The average Bonchev–Trinajstić information content (AvgIpc) is 2.53. The summed E-state index contributed by atoms with van der Waals surface area (Å²) in [4.78, 5) is 4.59. The van der Waals surface area contributed by atoms with E-state index in [9.17, 15) is 5.11 Å². The van der Waals surface area contributed by atoms with Gasteiger partial charge in [-0.05, 0) is 18.9 Å². The Labute approximate surface area is 151 Å². The van der Waals surface area contributed by atoms with Gasteiger partial charge in [0.25, 0.3) is 0 Å². The molecule has 0 saturated heterocycles. The molecule has 22 heavy (non-hydrogen) atoms. The lowest BCUT2D eigenvalue weighted by Crippen LogP contribution is -2.38.